The highest BCUT2D eigenvalue weighted by atomic mass is 32.2. The fraction of sp³-hybridized carbons (Fsp3) is 0.688. The van der Waals surface area contributed by atoms with Gasteiger partial charge in [0.2, 0.25) is 0 Å². The monoisotopic (exact) mass is 335 g/mol. The van der Waals surface area contributed by atoms with Gasteiger partial charge in [-0.1, -0.05) is 18.7 Å². The number of aromatic nitrogens is 2. The Hall–Kier alpha value is -1.50. The lowest BCUT2D eigenvalue weighted by molar-refractivity contribution is 0.0693. The molecule has 1 saturated heterocycles. The van der Waals surface area contributed by atoms with E-state index < -0.39 is 0 Å². The molecule has 0 N–H and O–H groups in total. The predicted molar refractivity (Wildman–Crippen MR) is 94.1 cm³/mol. The summed E-state index contributed by atoms with van der Waals surface area (Å²) in [4.78, 5) is 21.4. The van der Waals surface area contributed by atoms with E-state index in [-0.39, 0.29) is 11.4 Å². The maximum absolute atomic E-state index is 12.6. The molecular weight excluding hydrogens is 310 g/mol. The molecule has 126 valence electrons. The van der Waals surface area contributed by atoms with Crippen LogP contribution < -0.4 is 0 Å². The van der Waals surface area contributed by atoms with Crippen LogP contribution in [0, 0.1) is 0 Å². The predicted octanol–water partition coefficient (Wildman–Crippen LogP) is 1.89. The number of aliphatic imine (C=N–C) groups is 1. The summed E-state index contributed by atoms with van der Waals surface area (Å²) in [5.74, 6) is 0.0783. The van der Waals surface area contributed by atoms with Gasteiger partial charge in [0.25, 0.3) is 5.91 Å². The molecule has 7 heteroatoms. The maximum Gasteiger partial charge on any atom is 0.257 e. The van der Waals surface area contributed by atoms with Crippen molar-refractivity contribution in [1.29, 1.82) is 0 Å². The highest BCUT2D eigenvalue weighted by Gasteiger charge is 2.28. The van der Waals surface area contributed by atoms with Crippen LogP contribution in [0.3, 0.4) is 0 Å². The third kappa shape index (κ3) is 3.54. The van der Waals surface area contributed by atoms with E-state index in [1.165, 1.54) is 0 Å². The number of amidine groups is 1. The van der Waals surface area contributed by atoms with Crippen molar-refractivity contribution in [2.24, 2.45) is 4.99 Å². The van der Waals surface area contributed by atoms with E-state index >= 15 is 0 Å². The van der Waals surface area contributed by atoms with E-state index in [9.17, 15) is 4.79 Å². The summed E-state index contributed by atoms with van der Waals surface area (Å²) in [7, 11) is 0. The van der Waals surface area contributed by atoms with E-state index in [4.69, 9.17) is 0 Å². The number of thioether (sulfide) groups is 1. The lowest BCUT2D eigenvalue weighted by atomic mass is 10.1. The van der Waals surface area contributed by atoms with Gasteiger partial charge in [-0.3, -0.25) is 14.5 Å². The second-order valence-corrected chi connectivity index (χ2v) is 8.58. The first-order valence-corrected chi connectivity index (χ1v) is 9.03. The molecule has 0 spiro atoms. The van der Waals surface area contributed by atoms with Crippen molar-refractivity contribution < 1.29 is 4.79 Å². The van der Waals surface area contributed by atoms with Crippen molar-refractivity contribution >= 4 is 22.8 Å². The molecule has 1 fully saturated rings. The smallest absolute Gasteiger partial charge is 0.257 e. The number of nitrogens with zero attached hydrogens (tertiary/aromatic N) is 5. The van der Waals surface area contributed by atoms with Crippen LogP contribution in [0.1, 0.15) is 38.1 Å². The standard InChI is InChI=1S/C16H25N5OS/c1-12-9-17-15(23-12)20-7-5-19(6-8-20)14(22)13-10-18-21(11-13)16(2,3)4/h10-12H,5-9H2,1-4H3/t12-/m0/s1. The van der Waals surface area contributed by atoms with Gasteiger partial charge < -0.3 is 9.80 Å². The molecule has 3 rings (SSSR count). The summed E-state index contributed by atoms with van der Waals surface area (Å²) in [5, 5.41) is 6.05. The van der Waals surface area contributed by atoms with Crippen molar-refractivity contribution in [3.63, 3.8) is 0 Å². The summed E-state index contributed by atoms with van der Waals surface area (Å²) >= 11 is 1.84. The Kier molecular flexibility index (Phi) is 4.40. The normalized spacial score (nSPS) is 22.4. The van der Waals surface area contributed by atoms with Crippen molar-refractivity contribution in [3.8, 4) is 0 Å². The van der Waals surface area contributed by atoms with Gasteiger partial charge >= 0.3 is 0 Å². The third-order valence-corrected chi connectivity index (χ3v) is 5.29. The minimum Gasteiger partial charge on any atom is -0.348 e. The summed E-state index contributed by atoms with van der Waals surface area (Å²) in [6.45, 7) is 12.5. The molecule has 6 nitrogen and oxygen atoms in total. The van der Waals surface area contributed by atoms with Gasteiger partial charge in [-0.05, 0) is 20.8 Å². The first-order chi connectivity index (χ1) is 10.8. The second kappa shape index (κ2) is 6.19. The van der Waals surface area contributed by atoms with Crippen molar-refractivity contribution in [1.82, 2.24) is 19.6 Å². The van der Waals surface area contributed by atoms with Crippen LogP contribution in [0.2, 0.25) is 0 Å². The zero-order chi connectivity index (χ0) is 16.6. The molecule has 1 aromatic heterocycles. The molecule has 2 aliphatic heterocycles. The van der Waals surface area contributed by atoms with Crippen LogP contribution in [0.15, 0.2) is 17.4 Å². The molecule has 1 atom stereocenters. The van der Waals surface area contributed by atoms with Crippen LogP contribution in [-0.4, -0.2) is 68.6 Å². The van der Waals surface area contributed by atoms with Gasteiger partial charge in [0.15, 0.2) is 5.17 Å². The average molecular weight is 335 g/mol. The van der Waals surface area contributed by atoms with Gasteiger partial charge in [-0.15, -0.1) is 0 Å². The first kappa shape index (κ1) is 16.4. The van der Waals surface area contributed by atoms with Crippen LogP contribution in [0.25, 0.3) is 0 Å². The summed E-state index contributed by atoms with van der Waals surface area (Å²) in [6, 6.07) is 0. The Balaban J connectivity index is 1.59. The van der Waals surface area contributed by atoms with E-state index in [0.29, 0.717) is 10.8 Å². The van der Waals surface area contributed by atoms with E-state index in [1.54, 1.807) is 6.20 Å². The quantitative estimate of drug-likeness (QED) is 0.786. The highest BCUT2D eigenvalue weighted by Crippen LogP contribution is 2.24. The third-order valence-electron chi connectivity index (χ3n) is 4.14. The largest absolute Gasteiger partial charge is 0.348 e. The lowest BCUT2D eigenvalue weighted by Crippen LogP contribution is -2.49. The number of piperazine rings is 1. The number of hydrogen-bond donors (Lipinski definition) is 0. The number of amides is 1. The van der Waals surface area contributed by atoms with Crippen LogP contribution in [-0.2, 0) is 5.54 Å². The Labute approximate surface area is 141 Å². The van der Waals surface area contributed by atoms with E-state index in [2.05, 4.69) is 42.7 Å². The van der Waals surface area contributed by atoms with Crippen LogP contribution >= 0.6 is 11.8 Å². The minimum atomic E-state index is -0.105. The Morgan fingerprint density at radius 2 is 1.96 bits per heavy atom. The molecule has 0 radical (unpaired) electrons. The van der Waals surface area contributed by atoms with Crippen molar-refractivity contribution in [2.45, 2.75) is 38.5 Å². The summed E-state index contributed by atoms with van der Waals surface area (Å²) in [5.41, 5.74) is 0.570. The average Bonchev–Trinajstić information content (AvgIpc) is 3.15. The number of hydrogen-bond acceptors (Lipinski definition) is 5. The SMILES string of the molecule is C[C@H]1CN=C(N2CCN(C(=O)c3cnn(C(C)(C)C)c3)CC2)S1. The van der Waals surface area contributed by atoms with Crippen LogP contribution in [0.5, 0.6) is 0 Å². The Morgan fingerprint density at radius 1 is 1.26 bits per heavy atom. The summed E-state index contributed by atoms with van der Waals surface area (Å²) in [6.07, 6.45) is 3.53. The fourth-order valence-electron chi connectivity index (χ4n) is 2.72. The molecule has 3 heterocycles. The molecular formula is C16H25N5OS. The molecule has 0 aromatic carbocycles. The van der Waals surface area contributed by atoms with Gasteiger partial charge in [0.1, 0.15) is 0 Å². The molecule has 0 unspecified atom stereocenters. The van der Waals surface area contributed by atoms with Gasteiger partial charge in [0.05, 0.1) is 23.8 Å². The van der Waals surface area contributed by atoms with E-state index in [0.717, 1.165) is 37.9 Å². The second-order valence-electron chi connectivity index (χ2n) is 7.18. The van der Waals surface area contributed by atoms with E-state index in [1.807, 2.05) is 27.5 Å². The zero-order valence-corrected chi connectivity index (χ0v) is 15.1. The van der Waals surface area contributed by atoms with Crippen molar-refractivity contribution in [2.75, 3.05) is 32.7 Å². The molecule has 0 saturated carbocycles. The number of carbonyl (C=O) groups is 1. The minimum absolute atomic E-state index is 0.0783. The lowest BCUT2D eigenvalue weighted by Gasteiger charge is -2.35. The topological polar surface area (TPSA) is 53.7 Å². The highest BCUT2D eigenvalue weighted by molar-refractivity contribution is 8.14. The molecule has 0 bridgehead atoms. The van der Waals surface area contributed by atoms with Gasteiger partial charge in [-0.2, -0.15) is 5.10 Å². The van der Waals surface area contributed by atoms with Gasteiger partial charge in [-0.25, -0.2) is 0 Å². The summed E-state index contributed by atoms with van der Waals surface area (Å²) < 4.78 is 1.85. The maximum atomic E-state index is 12.6. The molecule has 23 heavy (non-hydrogen) atoms. The zero-order valence-electron chi connectivity index (χ0n) is 14.3. The first-order valence-electron chi connectivity index (χ1n) is 8.15. The molecule has 1 amide bonds. The van der Waals surface area contributed by atoms with Crippen molar-refractivity contribution in [3.05, 3.63) is 18.0 Å². The number of carbonyl (C=O) groups excluding carboxylic acids is 1. The molecule has 1 aromatic rings. The Morgan fingerprint density at radius 3 is 2.48 bits per heavy atom. The molecule has 0 aliphatic carbocycles. The van der Waals surface area contributed by atoms with Crippen LogP contribution in [0.4, 0.5) is 0 Å². The molecule has 2 aliphatic rings. The number of rotatable bonds is 1. The Bertz CT molecular complexity index is 610. The van der Waals surface area contributed by atoms with Gasteiger partial charge in [0, 0.05) is 37.6 Å². The fourth-order valence-corrected chi connectivity index (χ4v) is 3.71.